The summed E-state index contributed by atoms with van der Waals surface area (Å²) in [5.41, 5.74) is 0.207. The van der Waals surface area contributed by atoms with Crippen molar-refractivity contribution in [2.24, 2.45) is 0 Å². The molecule has 7 nitrogen and oxygen atoms in total. The van der Waals surface area contributed by atoms with Crippen LogP contribution in [0.2, 0.25) is 10.0 Å². The molecule has 2 aromatic rings. The van der Waals surface area contributed by atoms with Gasteiger partial charge in [-0.1, -0.05) is 23.2 Å². The van der Waals surface area contributed by atoms with E-state index in [4.69, 9.17) is 23.2 Å². The highest BCUT2D eigenvalue weighted by molar-refractivity contribution is 6.35. The standard InChI is InChI=1S/C15H10Cl2N2O5/c1-24-15(21)11-6-8(2-5-12(11)16)18-14(20)10-4-3-9(19(22)23)7-13(10)17/h2-7H,1H3,(H,18,20). The molecule has 0 saturated heterocycles. The lowest BCUT2D eigenvalue weighted by Gasteiger charge is -2.09. The molecule has 9 heteroatoms. The van der Waals surface area contributed by atoms with Crippen LogP contribution in [0.3, 0.4) is 0 Å². The molecule has 0 aliphatic heterocycles. The van der Waals surface area contributed by atoms with Crippen LogP contribution in [0, 0.1) is 10.1 Å². The normalized spacial score (nSPS) is 10.1. The zero-order valence-corrected chi connectivity index (χ0v) is 13.7. The lowest BCUT2D eigenvalue weighted by molar-refractivity contribution is -0.384. The molecular formula is C15H10Cl2N2O5. The number of nitrogens with zero attached hydrogens (tertiary/aromatic N) is 1. The van der Waals surface area contributed by atoms with Crippen molar-refractivity contribution < 1.29 is 19.2 Å². The van der Waals surface area contributed by atoms with E-state index in [0.29, 0.717) is 5.69 Å². The summed E-state index contributed by atoms with van der Waals surface area (Å²) < 4.78 is 4.60. The number of amides is 1. The second-order valence-corrected chi connectivity index (χ2v) is 5.38. The van der Waals surface area contributed by atoms with E-state index in [1.165, 1.54) is 37.4 Å². The van der Waals surface area contributed by atoms with Crippen LogP contribution in [0.4, 0.5) is 11.4 Å². The van der Waals surface area contributed by atoms with Crippen molar-refractivity contribution in [2.75, 3.05) is 12.4 Å². The highest BCUT2D eigenvalue weighted by Gasteiger charge is 2.17. The fourth-order valence-electron chi connectivity index (χ4n) is 1.87. The van der Waals surface area contributed by atoms with Gasteiger partial charge in [0.15, 0.2) is 0 Å². The zero-order chi connectivity index (χ0) is 17.9. The van der Waals surface area contributed by atoms with Crippen molar-refractivity contribution >= 4 is 46.5 Å². The molecule has 0 unspecified atom stereocenters. The van der Waals surface area contributed by atoms with Gasteiger partial charge in [0, 0.05) is 17.8 Å². The number of halogens is 2. The maximum atomic E-state index is 12.2. The first-order valence-electron chi connectivity index (χ1n) is 6.46. The monoisotopic (exact) mass is 368 g/mol. The molecule has 1 N–H and O–H groups in total. The number of nitrogens with one attached hydrogen (secondary N) is 1. The van der Waals surface area contributed by atoms with Crippen LogP contribution >= 0.6 is 23.2 Å². The highest BCUT2D eigenvalue weighted by Crippen LogP contribution is 2.25. The van der Waals surface area contributed by atoms with Crippen molar-refractivity contribution in [3.8, 4) is 0 Å². The first-order chi connectivity index (χ1) is 11.3. The van der Waals surface area contributed by atoms with Crippen molar-refractivity contribution in [1.82, 2.24) is 0 Å². The van der Waals surface area contributed by atoms with Crippen molar-refractivity contribution in [2.45, 2.75) is 0 Å². The Morgan fingerprint density at radius 1 is 1.08 bits per heavy atom. The van der Waals surface area contributed by atoms with E-state index in [1.807, 2.05) is 0 Å². The van der Waals surface area contributed by atoms with Gasteiger partial charge in [-0.15, -0.1) is 0 Å². The number of methoxy groups -OCH3 is 1. The van der Waals surface area contributed by atoms with E-state index >= 15 is 0 Å². The Hall–Kier alpha value is -2.64. The van der Waals surface area contributed by atoms with Gasteiger partial charge in [-0.05, 0) is 24.3 Å². The first kappa shape index (κ1) is 17.7. The Balaban J connectivity index is 2.27. The molecule has 0 atom stereocenters. The summed E-state index contributed by atoms with van der Waals surface area (Å²) >= 11 is 11.8. The summed E-state index contributed by atoms with van der Waals surface area (Å²) in [4.78, 5) is 33.9. The zero-order valence-electron chi connectivity index (χ0n) is 12.2. The van der Waals surface area contributed by atoms with Gasteiger partial charge in [-0.3, -0.25) is 14.9 Å². The number of carbonyl (C=O) groups excluding carboxylic acids is 2. The van der Waals surface area contributed by atoms with E-state index in [0.717, 1.165) is 6.07 Å². The van der Waals surface area contributed by atoms with Crippen LogP contribution in [0.25, 0.3) is 0 Å². The largest absolute Gasteiger partial charge is 0.465 e. The summed E-state index contributed by atoms with van der Waals surface area (Å²) in [6, 6.07) is 7.77. The van der Waals surface area contributed by atoms with Gasteiger partial charge in [0.25, 0.3) is 11.6 Å². The topological polar surface area (TPSA) is 98.5 Å². The van der Waals surface area contributed by atoms with Gasteiger partial charge in [0.2, 0.25) is 0 Å². The number of esters is 1. The smallest absolute Gasteiger partial charge is 0.339 e. The molecule has 1 amide bonds. The van der Waals surface area contributed by atoms with E-state index in [9.17, 15) is 19.7 Å². The number of rotatable bonds is 4. The van der Waals surface area contributed by atoms with E-state index in [-0.39, 0.29) is 26.9 Å². The third-order valence-corrected chi connectivity index (χ3v) is 3.68. The Kier molecular flexibility index (Phi) is 5.38. The molecule has 0 aromatic heterocycles. The van der Waals surface area contributed by atoms with Crippen LogP contribution in [0.15, 0.2) is 36.4 Å². The summed E-state index contributed by atoms with van der Waals surface area (Å²) in [5, 5.41) is 13.3. The molecule has 0 spiro atoms. The number of hydrogen-bond acceptors (Lipinski definition) is 5. The van der Waals surface area contributed by atoms with Crippen molar-refractivity contribution in [1.29, 1.82) is 0 Å². The van der Waals surface area contributed by atoms with Gasteiger partial charge in [0.1, 0.15) is 0 Å². The molecule has 0 radical (unpaired) electrons. The third kappa shape index (κ3) is 3.81. The van der Waals surface area contributed by atoms with E-state index < -0.39 is 16.8 Å². The second kappa shape index (κ2) is 7.29. The lowest BCUT2D eigenvalue weighted by Crippen LogP contribution is -2.13. The van der Waals surface area contributed by atoms with Crippen LogP contribution in [0.5, 0.6) is 0 Å². The molecule has 2 aromatic carbocycles. The fraction of sp³-hybridized carbons (Fsp3) is 0.0667. The summed E-state index contributed by atoms with van der Waals surface area (Å²) in [7, 11) is 1.21. The summed E-state index contributed by atoms with van der Waals surface area (Å²) in [5.74, 6) is -1.24. The number of non-ortho nitro benzene ring substituents is 1. The maximum Gasteiger partial charge on any atom is 0.339 e. The van der Waals surface area contributed by atoms with Crippen LogP contribution in [0.1, 0.15) is 20.7 Å². The molecule has 0 saturated carbocycles. The number of ether oxygens (including phenoxy) is 1. The highest BCUT2D eigenvalue weighted by atomic mass is 35.5. The summed E-state index contributed by atoms with van der Waals surface area (Å²) in [6.45, 7) is 0. The fourth-order valence-corrected chi connectivity index (χ4v) is 2.32. The molecule has 0 bridgehead atoms. The minimum Gasteiger partial charge on any atom is -0.465 e. The molecule has 2 rings (SSSR count). The van der Waals surface area contributed by atoms with E-state index in [1.54, 1.807) is 0 Å². The molecule has 24 heavy (non-hydrogen) atoms. The predicted molar refractivity (Wildman–Crippen MR) is 88.9 cm³/mol. The molecular weight excluding hydrogens is 359 g/mol. The van der Waals surface area contributed by atoms with Crippen LogP contribution < -0.4 is 5.32 Å². The molecule has 0 heterocycles. The maximum absolute atomic E-state index is 12.2. The number of nitro groups is 1. The lowest BCUT2D eigenvalue weighted by atomic mass is 10.1. The van der Waals surface area contributed by atoms with Gasteiger partial charge in [0.05, 0.1) is 33.2 Å². The number of hydrogen-bond donors (Lipinski definition) is 1. The Morgan fingerprint density at radius 3 is 2.38 bits per heavy atom. The Bertz CT molecular complexity index is 839. The van der Waals surface area contributed by atoms with Gasteiger partial charge in [-0.2, -0.15) is 0 Å². The number of carbonyl (C=O) groups is 2. The van der Waals surface area contributed by atoms with E-state index in [2.05, 4.69) is 10.1 Å². The summed E-state index contributed by atoms with van der Waals surface area (Å²) in [6.07, 6.45) is 0. The van der Waals surface area contributed by atoms with Crippen molar-refractivity contribution in [3.63, 3.8) is 0 Å². The number of anilines is 1. The Labute approximate surface area is 146 Å². The molecule has 0 fully saturated rings. The quantitative estimate of drug-likeness (QED) is 0.500. The average molecular weight is 369 g/mol. The average Bonchev–Trinajstić information content (AvgIpc) is 2.55. The van der Waals surface area contributed by atoms with Gasteiger partial charge in [-0.25, -0.2) is 4.79 Å². The van der Waals surface area contributed by atoms with Crippen LogP contribution in [-0.4, -0.2) is 23.9 Å². The molecule has 124 valence electrons. The SMILES string of the molecule is COC(=O)c1cc(NC(=O)c2ccc([N+](=O)[O-])cc2Cl)ccc1Cl. The minimum absolute atomic E-state index is 0.0526. The number of benzene rings is 2. The first-order valence-corrected chi connectivity index (χ1v) is 7.22. The second-order valence-electron chi connectivity index (χ2n) is 4.56. The van der Waals surface area contributed by atoms with Crippen molar-refractivity contribution in [3.05, 3.63) is 67.7 Å². The third-order valence-electron chi connectivity index (χ3n) is 3.04. The van der Waals surface area contributed by atoms with Crippen LogP contribution in [-0.2, 0) is 4.74 Å². The Morgan fingerprint density at radius 2 is 1.79 bits per heavy atom. The van der Waals surface area contributed by atoms with Gasteiger partial charge < -0.3 is 10.1 Å². The molecule has 0 aliphatic rings. The molecule has 0 aliphatic carbocycles. The predicted octanol–water partition coefficient (Wildman–Crippen LogP) is 3.94. The minimum atomic E-state index is -0.649. The van der Waals surface area contributed by atoms with Gasteiger partial charge >= 0.3 is 5.97 Å². The number of nitro benzene ring substituents is 1.